The Balaban J connectivity index is 2.12. The Morgan fingerprint density at radius 3 is 2.11 bits per heavy atom. The standard InChI is InChI=1S/C15H10FN3/c16-13-5-6-14(11-3-1-7-17-9-11)19-15(13)12-4-2-8-18-10-12/h1-10H. The minimum atomic E-state index is -0.361. The van der Waals surface area contributed by atoms with Crippen molar-refractivity contribution in [3.8, 4) is 22.5 Å². The first-order valence-electron chi connectivity index (χ1n) is 5.82. The number of rotatable bonds is 2. The average molecular weight is 251 g/mol. The fourth-order valence-corrected chi connectivity index (χ4v) is 1.82. The van der Waals surface area contributed by atoms with Gasteiger partial charge < -0.3 is 0 Å². The van der Waals surface area contributed by atoms with Gasteiger partial charge in [-0.1, -0.05) is 0 Å². The third-order valence-corrected chi connectivity index (χ3v) is 2.74. The van der Waals surface area contributed by atoms with E-state index in [1.165, 1.54) is 6.07 Å². The molecule has 3 nitrogen and oxygen atoms in total. The lowest BCUT2D eigenvalue weighted by atomic mass is 10.1. The second-order valence-electron chi connectivity index (χ2n) is 4.01. The van der Waals surface area contributed by atoms with Gasteiger partial charge in [-0.25, -0.2) is 9.37 Å². The molecule has 3 aromatic heterocycles. The maximum absolute atomic E-state index is 13.9. The van der Waals surface area contributed by atoms with E-state index in [0.29, 0.717) is 17.0 Å². The van der Waals surface area contributed by atoms with Gasteiger partial charge in [-0.3, -0.25) is 9.97 Å². The largest absolute Gasteiger partial charge is 0.264 e. The molecule has 0 aliphatic rings. The van der Waals surface area contributed by atoms with Crippen LogP contribution in [0.25, 0.3) is 22.5 Å². The topological polar surface area (TPSA) is 38.7 Å². The van der Waals surface area contributed by atoms with Crippen LogP contribution in [-0.4, -0.2) is 15.0 Å². The quantitative estimate of drug-likeness (QED) is 0.701. The Labute approximate surface area is 109 Å². The summed E-state index contributed by atoms with van der Waals surface area (Å²) in [6.45, 7) is 0. The van der Waals surface area contributed by atoms with E-state index < -0.39 is 0 Å². The van der Waals surface area contributed by atoms with Crippen LogP contribution in [0.3, 0.4) is 0 Å². The number of hydrogen-bond acceptors (Lipinski definition) is 3. The molecule has 3 heterocycles. The molecule has 0 radical (unpaired) electrons. The third kappa shape index (κ3) is 2.33. The van der Waals surface area contributed by atoms with Crippen LogP contribution in [-0.2, 0) is 0 Å². The van der Waals surface area contributed by atoms with Gasteiger partial charge >= 0.3 is 0 Å². The van der Waals surface area contributed by atoms with Gasteiger partial charge in [0.1, 0.15) is 11.5 Å². The van der Waals surface area contributed by atoms with Gasteiger partial charge in [0.05, 0.1) is 5.69 Å². The molecule has 3 aromatic rings. The molecule has 0 unspecified atom stereocenters. The van der Waals surface area contributed by atoms with E-state index in [0.717, 1.165) is 5.56 Å². The van der Waals surface area contributed by atoms with E-state index in [1.807, 2.05) is 12.1 Å². The normalized spacial score (nSPS) is 10.4. The summed E-state index contributed by atoms with van der Waals surface area (Å²) >= 11 is 0. The Bertz CT molecular complexity index is 684. The van der Waals surface area contributed by atoms with Gasteiger partial charge in [-0.15, -0.1) is 0 Å². The molecule has 4 heteroatoms. The molecule has 0 N–H and O–H groups in total. The molecular weight excluding hydrogens is 241 g/mol. The van der Waals surface area contributed by atoms with Crippen molar-refractivity contribution < 1.29 is 4.39 Å². The summed E-state index contributed by atoms with van der Waals surface area (Å²) < 4.78 is 13.9. The van der Waals surface area contributed by atoms with E-state index in [9.17, 15) is 4.39 Å². The fourth-order valence-electron chi connectivity index (χ4n) is 1.82. The second kappa shape index (κ2) is 4.94. The second-order valence-corrected chi connectivity index (χ2v) is 4.01. The molecule has 0 atom stereocenters. The maximum Gasteiger partial charge on any atom is 0.149 e. The number of aromatic nitrogens is 3. The summed E-state index contributed by atoms with van der Waals surface area (Å²) in [5.41, 5.74) is 2.50. The molecule has 0 amide bonds. The lowest BCUT2D eigenvalue weighted by Gasteiger charge is -2.05. The van der Waals surface area contributed by atoms with Gasteiger partial charge in [0.25, 0.3) is 0 Å². The lowest BCUT2D eigenvalue weighted by Crippen LogP contribution is -1.93. The summed E-state index contributed by atoms with van der Waals surface area (Å²) in [5.74, 6) is -0.361. The van der Waals surface area contributed by atoms with E-state index in [4.69, 9.17) is 0 Å². The van der Waals surface area contributed by atoms with Gasteiger partial charge in [0, 0.05) is 35.9 Å². The van der Waals surface area contributed by atoms with Gasteiger partial charge in [0.2, 0.25) is 0 Å². The Morgan fingerprint density at radius 2 is 1.47 bits per heavy atom. The van der Waals surface area contributed by atoms with Gasteiger partial charge in [-0.2, -0.15) is 0 Å². The highest BCUT2D eigenvalue weighted by Gasteiger charge is 2.09. The van der Waals surface area contributed by atoms with Gasteiger partial charge in [0.15, 0.2) is 0 Å². The van der Waals surface area contributed by atoms with Crippen LogP contribution in [0.4, 0.5) is 4.39 Å². The smallest absolute Gasteiger partial charge is 0.149 e. The Hall–Kier alpha value is -2.62. The highest BCUT2D eigenvalue weighted by atomic mass is 19.1. The monoisotopic (exact) mass is 251 g/mol. The van der Waals surface area contributed by atoms with Crippen molar-refractivity contribution in [2.45, 2.75) is 0 Å². The van der Waals surface area contributed by atoms with Crippen molar-refractivity contribution >= 4 is 0 Å². The molecule has 0 bridgehead atoms. The van der Waals surface area contributed by atoms with Crippen LogP contribution in [0.15, 0.2) is 61.2 Å². The van der Waals surface area contributed by atoms with Crippen LogP contribution in [0.5, 0.6) is 0 Å². The summed E-state index contributed by atoms with van der Waals surface area (Å²) in [7, 11) is 0. The van der Waals surface area contributed by atoms with Crippen LogP contribution >= 0.6 is 0 Å². The van der Waals surface area contributed by atoms with Crippen molar-refractivity contribution in [2.24, 2.45) is 0 Å². The highest BCUT2D eigenvalue weighted by Crippen LogP contribution is 2.24. The molecule has 0 saturated heterocycles. The molecule has 19 heavy (non-hydrogen) atoms. The van der Waals surface area contributed by atoms with Gasteiger partial charge in [-0.05, 0) is 36.4 Å². The molecule has 0 fully saturated rings. The molecule has 92 valence electrons. The Morgan fingerprint density at radius 1 is 0.789 bits per heavy atom. The molecule has 0 spiro atoms. The van der Waals surface area contributed by atoms with Crippen LogP contribution < -0.4 is 0 Å². The first kappa shape index (κ1) is 11.5. The minimum absolute atomic E-state index is 0.300. The summed E-state index contributed by atoms with van der Waals surface area (Å²) in [5, 5.41) is 0. The highest BCUT2D eigenvalue weighted by molar-refractivity contribution is 5.65. The fraction of sp³-hybridized carbons (Fsp3) is 0. The maximum atomic E-state index is 13.9. The zero-order valence-corrected chi connectivity index (χ0v) is 9.99. The van der Waals surface area contributed by atoms with Crippen molar-refractivity contribution in [3.63, 3.8) is 0 Å². The third-order valence-electron chi connectivity index (χ3n) is 2.74. The van der Waals surface area contributed by atoms with E-state index in [2.05, 4.69) is 15.0 Å². The van der Waals surface area contributed by atoms with E-state index in [1.54, 1.807) is 43.0 Å². The summed E-state index contributed by atoms with van der Waals surface area (Å²) in [4.78, 5) is 12.4. The minimum Gasteiger partial charge on any atom is -0.264 e. The van der Waals surface area contributed by atoms with Crippen molar-refractivity contribution in [3.05, 3.63) is 67.0 Å². The molecule has 0 saturated carbocycles. The molecule has 0 aliphatic carbocycles. The predicted octanol–water partition coefficient (Wildman–Crippen LogP) is 3.34. The summed E-state index contributed by atoms with van der Waals surface area (Å²) in [6, 6.07) is 10.3. The van der Waals surface area contributed by atoms with Crippen molar-refractivity contribution in [1.82, 2.24) is 15.0 Å². The van der Waals surface area contributed by atoms with Crippen LogP contribution in [0.1, 0.15) is 0 Å². The number of halogens is 1. The number of pyridine rings is 3. The zero-order valence-electron chi connectivity index (χ0n) is 9.99. The molecule has 3 rings (SSSR count). The first-order chi connectivity index (χ1) is 9.34. The molecular formula is C15H10FN3. The zero-order chi connectivity index (χ0) is 13.1. The van der Waals surface area contributed by atoms with Crippen LogP contribution in [0.2, 0.25) is 0 Å². The average Bonchev–Trinajstić information content (AvgIpc) is 2.49. The number of nitrogens with zero attached hydrogens (tertiary/aromatic N) is 3. The first-order valence-corrected chi connectivity index (χ1v) is 5.82. The Kier molecular flexibility index (Phi) is 2.98. The SMILES string of the molecule is Fc1ccc(-c2cccnc2)nc1-c1cccnc1. The van der Waals surface area contributed by atoms with E-state index >= 15 is 0 Å². The summed E-state index contributed by atoms with van der Waals surface area (Å²) in [6.07, 6.45) is 6.63. The van der Waals surface area contributed by atoms with Crippen molar-refractivity contribution in [2.75, 3.05) is 0 Å². The van der Waals surface area contributed by atoms with E-state index in [-0.39, 0.29) is 5.82 Å². The van der Waals surface area contributed by atoms with Crippen molar-refractivity contribution in [1.29, 1.82) is 0 Å². The molecule has 0 aliphatic heterocycles. The number of hydrogen-bond donors (Lipinski definition) is 0. The lowest BCUT2D eigenvalue weighted by molar-refractivity contribution is 0.626. The molecule has 0 aromatic carbocycles. The van der Waals surface area contributed by atoms with Crippen LogP contribution in [0, 0.1) is 5.82 Å². The predicted molar refractivity (Wildman–Crippen MR) is 70.7 cm³/mol.